The molecular weight excluding hydrogens is 533 g/mol. The standard InChI is InChI=1S/C28H30FN7O5/c29-23-14-36(26(39)16-38)8-7-25(23)41-24-6-1-18(11-19(24)12-30)27-31-17-32-28(34-27)33-20-2-4-21(5-3-20)35-9-10-40-22(13-35)15-37/h1-6,11,17,22-23,25,37-38H,7-10,13-16H2,(H,31,32,33,34)/t22-,23-,25-/m0/s1. The normalized spacial score (nSPS) is 20.8. The first-order valence-electron chi connectivity index (χ1n) is 13.2. The molecule has 41 heavy (non-hydrogen) atoms. The zero-order valence-electron chi connectivity index (χ0n) is 22.2. The number of benzene rings is 2. The summed E-state index contributed by atoms with van der Waals surface area (Å²) < 4.78 is 26.0. The van der Waals surface area contributed by atoms with Crippen LogP contribution >= 0.6 is 0 Å². The van der Waals surface area contributed by atoms with Crippen LogP contribution in [-0.4, -0.2) is 100 Å². The van der Waals surface area contributed by atoms with Gasteiger partial charge in [0.25, 0.3) is 0 Å². The molecule has 0 saturated carbocycles. The van der Waals surface area contributed by atoms with E-state index >= 15 is 0 Å². The minimum Gasteiger partial charge on any atom is -0.486 e. The van der Waals surface area contributed by atoms with Crippen LogP contribution in [0.15, 0.2) is 48.8 Å². The average Bonchev–Trinajstić information content (AvgIpc) is 3.02. The summed E-state index contributed by atoms with van der Waals surface area (Å²) in [5.74, 6) is 0.354. The molecule has 2 aliphatic rings. The summed E-state index contributed by atoms with van der Waals surface area (Å²) in [5.41, 5.74) is 2.54. The predicted molar refractivity (Wildman–Crippen MR) is 146 cm³/mol. The quantitative estimate of drug-likeness (QED) is 0.366. The van der Waals surface area contributed by atoms with Crippen molar-refractivity contribution >= 4 is 23.2 Å². The Morgan fingerprint density at radius 3 is 2.73 bits per heavy atom. The molecule has 1 amide bonds. The minimum absolute atomic E-state index is 0.0176. The topological polar surface area (TPSA) is 157 Å². The van der Waals surface area contributed by atoms with Crippen molar-refractivity contribution in [3.63, 3.8) is 0 Å². The van der Waals surface area contributed by atoms with Crippen molar-refractivity contribution in [2.24, 2.45) is 0 Å². The maximum atomic E-state index is 14.7. The summed E-state index contributed by atoms with van der Waals surface area (Å²) in [6.45, 7) is 1.32. The fraction of sp³-hybridized carbons (Fsp3) is 0.393. The summed E-state index contributed by atoms with van der Waals surface area (Å²) in [4.78, 5) is 28.0. The molecule has 2 aliphatic heterocycles. The molecule has 0 spiro atoms. The second-order valence-corrected chi connectivity index (χ2v) is 9.71. The van der Waals surface area contributed by atoms with E-state index in [4.69, 9.17) is 14.6 Å². The number of halogens is 1. The molecule has 0 unspecified atom stereocenters. The van der Waals surface area contributed by atoms with Crippen LogP contribution in [0.4, 0.5) is 21.7 Å². The summed E-state index contributed by atoms with van der Waals surface area (Å²) in [7, 11) is 0. The Morgan fingerprint density at radius 1 is 1.17 bits per heavy atom. The lowest BCUT2D eigenvalue weighted by Gasteiger charge is -2.34. The van der Waals surface area contributed by atoms with Gasteiger partial charge in [-0.05, 0) is 42.5 Å². The number of nitrogens with one attached hydrogen (secondary N) is 1. The molecule has 3 atom stereocenters. The van der Waals surface area contributed by atoms with Crippen molar-refractivity contribution in [1.29, 1.82) is 5.26 Å². The van der Waals surface area contributed by atoms with Crippen molar-refractivity contribution in [2.75, 3.05) is 56.2 Å². The van der Waals surface area contributed by atoms with Gasteiger partial charge in [-0.3, -0.25) is 4.79 Å². The highest BCUT2D eigenvalue weighted by atomic mass is 19.1. The van der Waals surface area contributed by atoms with Crippen LogP contribution in [0.3, 0.4) is 0 Å². The Morgan fingerprint density at radius 2 is 2.00 bits per heavy atom. The Hall–Kier alpha value is -4.38. The number of aliphatic hydroxyl groups excluding tert-OH is 2. The fourth-order valence-electron chi connectivity index (χ4n) is 4.81. The van der Waals surface area contributed by atoms with Crippen molar-refractivity contribution < 1.29 is 28.9 Å². The first-order chi connectivity index (χ1) is 20.0. The number of nitriles is 1. The number of hydrogen-bond donors (Lipinski definition) is 3. The third kappa shape index (κ3) is 6.68. The van der Waals surface area contributed by atoms with Gasteiger partial charge in [-0.2, -0.15) is 10.2 Å². The molecule has 0 radical (unpaired) electrons. The van der Waals surface area contributed by atoms with E-state index in [9.17, 15) is 19.6 Å². The first kappa shape index (κ1) is 28.2. The van der Waals surface area contributed by atoms with E-state index in [0.717, 1.165) is 17.9 Å². The molecule has 3 aromatic rings. The number of rotatable bonds is 8. The van der Waals surface area contributed by atoms with E-state index in [2.05, 4.69) is 31.2 Å². The minimum atomic E-state index is -1.46. The number of aliphatic hydroxyl groups is 2. The highest BCUT2D eigenvalue weighted by Crippen LogP contribution is 2.29. The lowest BCUT2D eigenvalue weighted by molar-refractivity contribution is -0.138. The summed E-state index contributed by atoms with van der Waals surface area (Å²) in [6.07, 6.45) is -0.876. The molecule has 214 valence electrons. The lowest BCUT2D eigenvalue weighted by Crippen LogP contribution is -2.50. The highest BCUT2D eigenvalue weighted by Gasteiger charge is 2.33. The van der Waals surface area contributed by atoms with E-state index in [0.29, 0.717) is 30.5 Å². The zero-order chi connectivity index (χ0) is 28.8. The Kier molecular flexibility index (Phi) is 8.83. The molecular formula is C28H30FN7O5. The molecule has 5 rings (SSSR count). The predicted octanol–water partition coefficient (Wildman–Crippen LogP) is 1.66. The number of amides is 1. The van der Waals surface area contributed by atoms with E-state index < -0.39 is 24.8 Å². The van der Waals surface area contributed by atoms with Gasteiger partial charge in [0.15, 0.2) is 12.0 Å². The second-order valence-electron chi connectivity index (χ2n) is 9.71. The second kappa shape index (κ2) is 12.9. The number of carbonyl (C=O) groups is 1. The third-order valence-corrected chi connectivity index (χ3v) is 7.01. The van der Waals surface area contributed by atoms with Crippen molar-refractivity contribution in [2.45, 2.75) is 24.8 Å². The first-order valence-corrected chi connectivity index (χ1v) is 13.2. The van der Waals surface area contributed by atoms with Crippen LogP contribution < -0.4 is 15.0 Å². The van der Waals surface area contributed by atoms with Crippen LogP contribution in [-0.2, 0) is 9.53 Å². The van der Waals surface area contributed by atoms with E-state index in [1.54, 1.807) is 18.2 Å². The Bertz CT molecular complexity index is 1400. The zero-order valence-corrected chi connectivity index (χ0v) is 22.2. The van der Waals surface area contributed by atoms with Gasteiger partial charge in [-0.1, -0.05) is 0 Å². The maximum Gasteiger partial charge on any atom is 0.248 e. The van der Waals surface area contributed by atoms with Crippen LogP contribution in [0.5, 0.6) is 5.75 Å². The van der Waals surface area contributed by atoms with Crippen LogP contribution in [0.2, 0.25) is 0 Å². The van der Waals surface area contributed by atoms with Gasteiger partial charge < -0.3 is 34.8 Å². The van der Waals surface area contributed by atoms with Crippen LogP contribution in [0.1, 0.15) is 12.0 Å². The highest BCUT2D eigenvalue weighted by molar-refractivity contribution is 5.77. The largest absolute Gasteiger partial charge is 0.486 e. The lowest BCUT2D eigenvalue weighted by atomic mass is 10.0. The molecule has 3 heterocycles. The number of nitrogens with zero attached hydrogens (tertiary/aromatic N) is 6. The van der Waals surface area contributed by atoms with E-state index in [1.807, 2.05) is 24.3 Å². The van der Waals surface area contributed by atoms with Gasteiger partial charge in [0.1, 0.15) is 30.9 Å². The van der Waals surface area contributed by atoms with Crippen molar-refractivity contribution in [1.82, 2.24) is 19.9 Å². The monoisotopic (exact) mass is 563 g/mol. The summed E-state index contributed by atoms with van der Waals surface area (Å²) >= 11 is 0. The van der Waals surface area contributed by atoms with Gasteiger partial charge in [0.2, 0.25) is 11.9 Å². The van der Waals surface area contributed by atoms with E-state index in [1.165, 1.54) is 11.2 Å². The van der Waals surface area contributed by atoms with Gasteiger partial charge in [-0.25, -0.2) is 14.4 Å². The number of aromatic nitrogens is 3. The number of ether oxygens (including phenoxy) is 2. The Balaban J connectivity index is 1.25. The molecule has 0 aliphatic carbocycles. The molecule has 12 nitrogen and oxygen atoms in total. The van der Waals surface area contributed by atoms with Crippen molar-refractivity contribution in [3.8, 4) is 23.2 Å². The maximum absolute atomic E-state index is 14.7. The molecule has 2 aromatic carbocycles. The summed E-state index contributed by atoms with van der Waals surface area (Å²) in [5, 5.41) is 31.3. The van der Waals surface area contributed by atoms with Crippen LogP contribution in [0, 0.1) is 11.3 Å². The summed E-state index contributed by atoms with van der Waals surface area (Å²) in [6, 6.07) is 14.7. The average molecular weight is 564 g/mol. The number of hydrogen-bond acceptors (Lipinski definition) is 11. The SMILES string of the molecule is N#Cc1cc(-c2ncnc(Nc3ccc(N4CCO[C@H](CO)C4)cc3)n2)ccc1O[C@H]1CCN(C(=O)CO)C[C@@H]1F. The fourth-order valence-corrected chi connectivity index (χ4v) is 4.81. The van der Waals surface area contributed by atoms with Crippen LogP contribution in [0.25, 0.3) is 11.4 Å². The van der Waals surface area contributed by atoms with Gasteiger partial charge >= 0.3 is 0 Å². The third-order valence-electron chi connectivity index (χ3n) is 7.01. The number of anilines is 3. The number of likely N-dealkylation sites (tertiary alicyclic amines) is 1. The van der Waals surface area contributed by atoms with Gasteiger partial charge in [0, 0.05) is 43.0 Å². The molecule has 1 aromatic heterocycles. The molecule has 2 fully saturated rings. The molecule has 13 heteroatoms. The number of alkyl halides is 1. The molecule has 2 saturated heterocycles. The van der Waals surface area contributed by atoms with Crippen molar-refractivity contribution in [3.05, 3.63) is 54.4 Å². The van der Waals surface area contributed by atoms with Gasteiger partial charge in [-0.15, -0.1) is 0 Å². The molecule has 0 bridgehead atoms. The number of carbonyl (C=O) groups excluding carboxylic acids is 1. The number of morpholine rings is 1. The van der Waals surface area contributed by atoms with Gasteiger partial charge in [0.05, 0.1) is 31.4 Å². The number of piperidine rings is 1. The smallest absolute Gasteiger partial charge is 0.248 e. The molecule has 3 N–H and O–H groups in total. The van der Waals surface area contributed by atoms with E-state index in [-0.39, 0.29) is 43.5 Å². The Labute approximate surface area is 236 Å².